The molecule has 1 aliphatic rings. The molecular formula is C30H34IrN3O3-. The number of aromatic nitrogens is 3. The third-order valence-electron chi connectivity index (χ3n) is 6.92. The van der Waals surface area contributed by atoms with E-state index in [1.165, 1.54) is 6.08 Å². The van der Waals surface area contributed by atoms with Crippen LogP contribution in [0.25, 0.3) is 27.8 Å². The van der Waals surface area contributed by atoms with Gasteiger partial charge in [-0.2, -0.15) is 0 Å². The van der Waals surface area contributed by atoms with Gasteiger partial charge < -0.3 is 9.84 Å². The van der Waals surface area contributed by atoms with Crippen molar-refractivity contribution in [3.8, 4) is 23.0 Å². The van der Waals surface area contributed by atoms with Crippen LogP contribution in [0.4, 0.5) is 0 Å². The molecule has 0 bridgehead atoms. The molecule has 3 heterocycles. The average Bonchev–Trinajstić information content (AvgIpc) is 3.21. The first-order valence-corrected chi connectivity index (χ1v) is 12.8. The van der Waals surface area contributed by atoms with Gasteiger partial charge in [-0.05, 0) is 44.2 Å². The molecule has 1 radical (unpaired) electrons. The van der Waals surface area contributed by atoms with E-state index in [9.17, 15) is 9.90 Å². The Bertz CT molecular complexity index is 1420. The SMILES string of the molecule is CCC(CC)C(=O)/C=C(\O)C(CC)CC.Cc1nc2ccnc3n2c1Oc1cc2ccccc2[c-]c1-3.[Ir]. The Morgan fingerprint density at radius 3 is 2.43 bits per heavy atom. The minimum Gasteiger partial charge on any atom is -0.512 e. The molecule has 1 N–H and O–H groups in total. The smallest absolute Gasteiger partial charge is 0.214 e. The maximum atomic E-state index is 11.7. The molecule has 37 heavy (non-hydrogen) atoms. The predicted molar refractivity (Wildman–Crippen MR) is 143 cm³/mol. The van der Waals surface area contributed by atoms with E-state index in [0.717, 1.165) is 70.8 Å². The van der Waals surface area contributed by atoms with E-state index in [1.807, 2.05) is 69.4 Å². The van der Waals surface area contributed by atoms with Gasteiger partial charge >= 0.3 is 0 Å². The van der Waals surface area contributed by atoms with Gasteiger partial charge in [-0.25, -0.2) is 4.98 Å². The van der Waals surface area contributed by atoms with Crippen molar-refractivity contribution in [1.82, 2.24) is 14.4 Å². The summed E-state index contributed by atoms with van der Waals surface area (Å²) in [7, 11) is 0. The normalized spacial score (nSPS) is 12.1. The number of fused-ring (bicyclic) bond motifs is 3. The number of allylic oxidation sites excluding steroid dienone is 2. The Morgan fingerprint density at radius 2 is 1.76 bits per heavy atom. The zero-order valence-corrected chi connectivity index (χ0v) is 24.4. The number of carbonyl (C=O) groups excluding carboxylic acids is 1. The average molecular weight is 677 g/mol. The molecule has 4 aromatic rings. The number of aliphatic hydroxyl groups excluding tert-OH is 1. The largest absolute Gasteiger partial charge is 0.512 e. The van der Waals surface area contributed by atoms with Crippen molar-refractivity contribution >= 4 is 22.2 Å². The van der Waals surface area contributed by atoms with Crippen LogP contribution in [0.2, 0.25) is 0 Å². The summed E-state index contributed by atoms with van der Waals surface area (Å²) in [6.07, 6.45) is 6.68. The number of aliphatic hydroxyl groups is 1. The van der Waals surface area contributed by atoms with Gasteiger partial charge in [0.1, 0.15) is 5.65 Å². The Labute approximate surface area is 232 Å². The molecule has 0 amide bonds. The molecule has 6 nitrogen and oxygen atoms in total. The molecule has 5 rings (SSSR count). The zero-order valence-electron chi connectivity index (χ0n) is 22.0. The molecule has 0 unspecified atom stereocenters. The third kappa shape index (κ3) is 5.78. The van der Waals surface area contributed by atoms with Crippen LogP contribution in [0.1, 0.15) is 59.1 Å². The van der Waals surface area contributed by atoms with Crippen molar-refractivity contribution in [1.29, 1.82) is 0 Å². The summed E-state index contributed by atoms with van der Waals surface area (Å²) in [4.78, 5) is 20.7. The fraction of sp³-hybridized carbons (Fsp3) is 0.367. The predicted octanol–water partition coefficient (Wildman–Crippen LogP) is 7.63. The summed E-state index contributed by atoms with van der Waals surface area (Å²) in [5.41, 5.74) is 2.59. The molecule has 0 fully saturated rings. The Kier molecular flexibility index (Phi) is 9.63. The number of ether oxygens (including phenoxy) is 1. The second kappa shape index (κ2) is 12.5. The number of imidazole rings is 1. The van der Waals surface area contributed by atoms with Crippen LogP contribution in [-0.2, 0) is 24.9 Å². The number of carbonyl (C=O) groups is 1. The van der Waals surface area contributed by atoms with E-state index >= 15 is 0 Å². The number of rotatable bonds is 7. The van der Waals surface area contributed by atoms with E-state index in [4.69, 9.17) is 4.74 Å². The van der Waals surface area contributed by atoms with E-state index in [0.29, 0.717) is 0 Å². The van der Waals surface area contributed by atoms with E-state index < -0.39 is 0 Å². The van der Waals surface area contributed by atoms with Crippen LogP contribution in [0, 0.1) is 24.8 Å². The van der Waals surface area contributed by atoms with Gasteiger partial charge in [-0.15, -0.1) is 17.5 Å². The van der Waals surface area contributed by atoms with Gasteiger partial charge in [0.25, 0.3) is 0 Å². The summed E-state index contributed by atoms with van der Waals surface area (Å²) < 4.78 is 8.00. The summed E-state index contributed by atoms with van der Waals surface area (Å²) in [5, 5.41) is 11.9. The van der Waals surface area contributed by atoms with Crippen molar-refractivity contribution in [2.45, 2.75) is 60.3 Å². The Balaban J connectivity index is 0.000000214. The van der Waals surface area contributed by atoms with Crippen LogP contribution < -0.4 is 4.74 Å². The van der Waals surface area contributed by atoms with E-state index in [2.05, 4.69) is 22.1 Å². The van der Waals surface area contributed by atoms with Crippen molar-refractivity contribution in [3.63, 3.8) is 0 Å². The van der Waals surface area contributed by atoms with Crippen molar-refractivity contribution in [2.24, 2.45) is 11.8 Å². The van der Waals surface area contributed by atoms with Crippen molar-refractivity contribution in [2.75, 3.05) is 0 Å². The van der Waals surface area contributed by atoms with E-state index in [1.54, 1.807) is 6.20 Å². The fourth-order valence-corrected chi connectivity index (χ4v) is 4.66. The van der Waals surface area contributed by atoms with Crippen LogP contribution in [-0.4, -0.2) is 25.3 Å². The monoisotopic (exact) mass is 677 g/mol. The van der Waals surface area contributed by atoms with Crippen molar-refractivity contribution in [3.05, 3.63) is 66.2 Å². The number of nitrogens with zero attached hydrogens (tertiary/aromatic N) is 3. The fourth-order valence-electron chi connectivity index (χ4n) is 4.66. The first-order chi connectivity index (χ1) is 17.4. The van der Waals surface area contributed by atoms with Crippen LogP contribution in [0.15, 0.2) is 54.4 Å². The topological polar surface area (TPSA) is 76.7 Å². The minimum absolute atomic E-state index is 0. The molecule has 0 saturated carbocycles. The summed E-state index contributed by atoms with van der Waals surface area (Å²) >= 11 is 0. The molecule has 197 valence electrons. The van der Waals surface area contributed by atoms with Gasteiger partial charge in [0.2, 0.25) is 5.88 Å². The van der Waals surface area contributed by atoms with Gasteiger partial charge in [-0.3, -0.25) is 14.2 Å². The summed E-state index contributed by atoms with van der Waals surface area (Å²) in [5.74, 6) is 2.90. The number of ketones is 1. The Hall–Kier alpha value is -3.02. The molecule has 1 aliphatic heterocycles. The van der Waals surface area contributed by atoms with Crippen LogP contribution >= 0.6 is 0 Å². The first-order valence-electron chi connectivity index (χ1n) is 12.8. The second-order valence-electron chi connectivity index (χ2n) is 9.16. The number of aryl methyl sites for hydroxylation is 1. The van der Waals surface area contributed by atoms with Gasteiger partial charge in [0.15, 0.2) is 5.78 Å². The van der Waals surface area contributed by atoms with Gasteiger partial charge in [-0.1, -0.05) is 57.3 Å². The minimum atomic E-state index is 0. The number of benzene rings is 2. The zero-order chi connectivity index (χ0) is 25.8. The molecular weight excluding hydrogens is 643 g/mol. The van der Waals surface area contributed by atoms with Gasteiger partial charge in [0.05, 0.1) is 23.0 Å². The number of hydrogen-bond acceptors (Lipinski definition) is 5. The molecule has 2 aromatic carbocycles. The van der Waals surface area contributed by atoms with Crippen LogP contribution in [0.5, 0.6) is 11.6 Å². The van der Waals surface area contributed by atoms with Crippen LogP contribution in [0.3, 0.4) is 0 Å². The molecule has 7 heteroatoms. The summed E-state index contributed by atoms with van der Waals surface area (Å²) in [6, 6.07) is 15.5. The summed E-state index contributed by atoms with van der Waals surface area (Å²) in [6.45, 7) is 10.0. The first kappa shape index (κ1) is 28.5. The standard InChI is InChI=1S/C17H10N3O.C13H24O2.Ir/c1-10-17-20-15(19-10)6-7-18-16(20)13-8-11-4-2-3-5-12(11)9-14(13)21-17;1-5-10(6-2)12(14)9-13(15)11(7-3)8-4;/h2-7,9H,1H3;9-11,14H,5-8H2,1-4H3;/q-1;;/b;12-9-;. The Morgan fingerprint density at radius 1 is 1.08 bits per heavy atom. The number of hydrogen-bond donors (Lipinski definition) is 1. The third-order valence-corrected chi connectivity index (χ3v) is 6.92. The maximum Gasteiger partial charge on any atom is 0.214 e. The van der Waals surface area contributed by atoms with Crippen molar-refractivity contribution < 1.29 is 34.7 Å². The maximum absolute atomic E-state index is 11.7. The van der Waals surface area contributed by atoms with Gasteiger partial charge in [0, 0.05) is 44.2 Å². The van der Waals surface area contributed by atoms with E-state index in [-0.39, 0.29) is 43.5 Å². The quantitative estimate of drug-likeness (QED) is 0.109. The molecule has 2 aromatic heterocycles. The molecule has 0 spiro atoms. The second-order valence-corrected chi connectivity index (χ2v) is 9.16. The molecule has 0 aliphatic carbocycles. The molecule has 0 saturated heterocycles. The molecule has 0 atom stereocenters.